The molecule has 4 heteroatoms. The first-order chi connectivity index (χ1) is 29.5. The van der Waals surface area contributed by atoms with Crippen LogP contribution in [0, 0.1) is 6.85 Å². The largest absolute Gasteiger partial charge is 0.499 e. The number of benzene rings is 7. The van der Waals surface area contributed by atoms with E-state index in [1.54, 1.807) is 12.1 Å². The van der Waals surface area contributed by atoms with E-state index in [1.807, 2.05) is 12.1 Å². The van der Waals surface area contributed by atoms with Gasteiger partial charge < -0.3 is 4.74 Å². The van der Waals surface area contributed by atoms with Crippen LogP contribution in [0.1, 0.15) is 41.6 Å². The van der Waals surface area contributed by atoms with Gasteiger partial charge in [-0.3, -0.25) is 0 Å². The molecule has 1 unspecified atom stereocenters. The maximum absolute atomic E-state index is 7.97. The average molecular weight is 751 g/mol. The Balaban J connectivity index is 1.21. The summed E-state index contributed by atoms with van der Waals surface area (Å²) in [5.74, 6) is 0.742. The normalized spacial score (nSPS) is 16.4. The molecule has 2 aromatic heterocycles. The van der Waals surface area contributed by atoms with Crippen molar-refractivity contribution < 1.29 is 18.0 Å². The maximum atomic E-state index is 7.97. The van der Waals surface area contributed by atoms with E-state index in [1.165, 1.54) is 16.7 Å². The minimum absolute atomic E-state index is 0.110. The summed E-state index contributed by atoms with van der Waals surface area (Å²) in [4.78, 5) is 0. The van der Waals surface area contributed by atoms with E-state index in [4.69, 9.17) is 8.85 Å². The fraction of sp³-hybridized carbons (Fsp3) is 0.111. The summed E-state index contributed by atoms with van der Waals surface area (Å²) >= 11 is 0. The number of aryl methyl sites for hydroxylation is 1. The minimum atomic E-state index is -2.17. The molecule has 1 spiro atoms. The quantitative estimate of drug-likeness (QED) is 0.164. The molecule has 12 rings (SSSR count). The Bertz CT molecular complexity index is 3290. The van der Waals surface area contributed by atoms with Crippen LogP contribution in [0.2, 0.25) is 0 Å². The third kappa shape index (κ3) is 4.51. The molecular weight excluding hydrogens is 707 g/mol. The van der Waals surface area contributed by atoms with E-state index in [0.29, 0.717) is 5.56 Å². The number of nitrogens with zero attached hydrogens (tertiary/aromatic N) is 3. The molecule has 0 radical (unpaired) electrons. The van der Waals surface area contributed by atoms with Crippen LogP contribution in [-0.2, 0) is 11.3 Å². The number of para-hydroxylation sites is 2. The zero-order valence-corrected chi connectivity index (χ0v) is 32.5. The predicted octanol–water partition coefficient (Wildman–Crippen LogP) is 12.0. The van der Waals surface area contributed by atoms with Gasteiger partial charge in [0.25, 0.3) is 0 Å². The Kier molecular flexibility index (Phi) is 6.11. The van der Waals surface area contributed by atoms with Crippen LogP contribution in [-0.4, -0.2) is 4.57 Å². The van der Waals surface area contributed by atoms with Crippen LogP contribution in [0.5, 0.6) is 5.75 Å². The summed E-state index contributed by atoms with van der Waals surface area (Å²) in [5, 5.41) is 0. The molecule has 0 N–H and O–H groups in total. The molecule has 0 saturated carbocycles. The van der Waals surface area contributed by atoms with Crippen molar-refractivity contribution in [2.24, 2.45) is 0 Å². The zero-order valence-electron chi connectivity index (χ0n) is 35.5. The van der Waals surface area contributed by atoms with E-state index < -0.39 is 12.7 Å². The molecule has 0 aliphatic carbocycles. The zero-order chi connectivity index (χ0) is 41.4. The third-order valence-electron chi connectivity index (χ3n) is 12.4. The molecule has 3 aliphatic heterocycles. The molecule has 0 saturated heterocycles. The van der Waals surface area contributed by atoms with Gasteiger partial charge in [0.15, 0.2) is 17.2 Å². The van der Waals surface area contributed by atoms with Crippen molar-refractivity contribution in [1.82, 2.24) is 4.57 Å². The van der Waals surface area contributed by atoms with E-state index in [0.717, 1.165) is 84.1 Å². The molecule has 276 valence electrons. The third-order valence-corrected chi connectivity index (χ3v) is 12.4. The van der Waals surface area contributed by atoms with Gasteiger partial charge in [-0.15, -0.1) is 9.13 Å². The Morgan fingerprint density at radius 2 is 1.24 bits per heavy atom. The van der Waals surface area contributed by atoms with Crippen molar-refractivity contribution in [3.8, 4) is 78.6 Å². The van der Waals surface area contributed by atoms with Crippen LogP contribution >= 0.6 is 0 Å². The predicted molar refractivity (Wildman–Crippen MR) is 233 cm³/mol. The maximum Gasteiger partial charge on any atom is 0.499 e. The summed E-state index contributed by atoms with van der Waals surface area (Å²) in [6, 6.07) is 59.8. The number of hydrogen-bond donors (Lipinski definition) is 0. The van der Waals surface area contributed by atoms with Crippen molar-refractivity contribution in [3.63, 3.8) is 0 Å². The van der Waals surface area contributed by atoms with Crippen molar-refractivity contribution in [2.75, 3.05) is 0 Å². The monoisotopic (exact) mass is 750 g/mol. The van der Waals surface area contributed by atoms with Crippen molar-refractivity contribution in [1.29, 1.82) is 0 Å². The summed E-state index contributed by atoms with van der Waals surface area (Å²) in [7, 11) is 0. The summed E-state index contributed by atoms with van der Waals surface area (Å²) in [6.07, 6.45) is 2.16. The van der Waals surface area contributed by atoms with Gasteiger partial charge >= 0.3 is 11.7 Å². The highest BCUT2D eigenvalue weighted by Gasteiger charge is 2.68. The number of fused-ring (bicyclic) bond motifs is 5. The van der Waals surface area contributed by atoms with Crippen molar-refractivity contribution >= 4 is 11.0 Å². The van der Waals surface area contributed by atoms with Gasteiger partial charge in [-0.25, -0.2) is 0 Å². The lowest BCUT2D eigenvalue weighted by molar-refractivity contribution is -0.997. The highest BCUT2D eigenvalue weighted by molar-refractivity contribution is 5.99. The van der Waals surface area contributed by atoms with Gasteiger partial charge in [0.1, 0.15) is 22.6 Å². The van der Waals surface area contributed by atoms with E-state index in [2.05, 4.69) is 186 Å². The van der Waals surface area contributed by atoms with Gasteiger partial charge in [-0.1, -0.05) is 136 Å². The first-order valence-corrected chi connectivity index (χ1v) is 20.0. The van der Waals surface area contributed by atoms with Crippen LogP contribution in [0.4, 0.5) is 0 Å². The fourth-order valence-corrected chi connectivity index (χ4v) is 9.65. The topological polar surface area (TPSA) is 21.9 Å². The number of pyridine rings is 1. The molecule has 0 amide bonds. The van der Waals surface area contributed by atoms with E-state index >= 15 is 0 Å². The lowest BCUT2D eigenvalue weighted by Gasteiger charge is -2.32. The minimum Gasteiger partial charge on any atom is -0.392 e. The molecule has 4 nitrogen and oxygen atoms in total. The second-order valence-electron chi connectivity index (χ2n) is 16.8. The lowest BCUT2D eigenvalue weighted by atomic mass is 9.85. The summed E-state index contributed by atoms with van der Waals surface area (Å²) < 4.78 is 38.8. The number of hydrogen-bond acceptors (Lipinski definition) is 1. The highest BCUT2D eigenvalue weighted by atomic mass is 16.5. The molecule has 0 fully saturated rings. The van der Waals surface area contributed by atoms with Gasteiger partial charge in [0.2, 0.25) is 5.69 Å². The second-order valence-corrected chi connectivity index (χ2v) is 16.8. The van der Waals surface area contributed by atoms with Crippen LogP contribution in [0.15, 0.2) is 176 Å². The van der Waals surface area contributed by atoms with E-state index in [-0.39, 0.29) is 5.41 Å². The summed E-state index contributed by atoms with van der Waals surface area (Å²) in [6.45, 7) is 4.68. The summed E-state index contributed by atoms with van der Waals surface area (Å²) in [5.41, 5.74) is 17.8. The van der Waals surface area contributed by atoms with Gasteiger partial charge in [-0.05, 0) is 99.7 Å². The van der Waals surface area contributed by atoms with Crippen LogP contribution in [0.3, 0.4) is 0 Å². The Hall–Kier alpha value is -7.04. The smallest absolute Gasteiger partial charge is 0.392 e. The first-order valence-electron chi connectivity index (χ1n) is 21.5. The Labute approximate surface area is 342 Å². The van der Waals surface area contributed by atoms with Crippen molar-refractivity contribution in [3.05, 3.63) is 193 Å². The number of aromatic nitrogens is 3. The number of imidazole rings is 1. The lowest BCUT2D eigenvalue weighted by Crippen LogP contribution is -2.78. The standard InChI is InChI=1S/C54H41N3O/c1-34-22-24-37(25-23-34)38-26-27-55-48(32-38)46-31-40(36-16-9-6-10-17-36)30-45-43-19-13-20-47-51(43)57-52(44-18-11-12-21-49(44)58-54(55,57)50(45)46)56(47)42-29-39(35-14-7-5-8-15-35)28-41(33-42)53(2,3)4/h5-33H,1-4H3/q+2/i1D3. The molecular formula is C54H41N3O+2. The molecule has 5 heterocycles. The number of ether oxygens (including phenoxy) is 1. The van der Waals surface area contributed by atoms with E-state index in [9.17, 15) is 0 Å². The van der Waals surface area contributed by atoms with Gasteiger partial charge in [-0.2, -0.15) is 4.57 Å². The van der Waals surface area contributed by atoms with Crippen LogP contribution < -0.4 is 13.9 Å². The van der Waals surface area contributed by atoms with Gasteiger partial charge in [0, 0.05) is 27.4 Å². The van der Waals surface area contributed by atoms with Crippen molar-refractivity contribution in [2.45, 2.75) is 38.9 Å². The van der Waals surface area contributed by atoms with Gasteiger partial charge in [0.05, 0.1) is 5.56 Å². The fourth-order valence-electron chi connectivity index (χ4n) is 9.65. The molecule has 58 heavy (non-hydrogen) atoms. The molecule has 1 atom stereocenters. The Morgan fingerprint density at radius 1 is 0.569 bits per heavy atom. The molecule has 0 bridgehead atoms. The highest BCUT2D eigenvalue weighted by Crippen LogP contribution is 2.54. The average Bonchev–Trinajstić information content (AvgIpc) is 3.77. The van der Waals surface area contributed by atoms with Crippen LogP contribution in [0.25, 0.3) is 83.9 Å². The molecule has 3 aliphatic rings. The second kappa shape index (κ2) is 11.7. The SMILES string of the molecule is [2H]C([2H])([2H])c1ccc(-c2cc[n+]3c(c2)-c2cc(-c4ccccc4)cc4c2C32Oc3ccccc3-c3n(-c5cc(-c6ccccc6)cc(C(C)(C)C)c5)c5cccc-4c5[n+]32)cc1. The molecule has 7 aromatic carbocycles. The Morgan fingerprint density at radius 3 is 1.98 bits per heavy atom. The number of rotatable bonds is 4. The first kappa shape index (κ1) is 30.1. The molecule has 9 aromatic rings.